The number of aryl methyl sites for hydroxylation is 1. The van der Waals surface area contributed by atoms with Gasteiger partial charge in [0.15, 0.2) is 0 Å². The van der Waals surface area contributed by atoms with E-state index < -0.39 is 0 Å². The fourth-order valence-corrected chi connectivity index (χ4v) is 1.89. The zero-order valence-corrected chi connectivity index (χ0v) is 8.81. The molecule has 1 aromatic heterocycles. The third-order valence-corrected chi connectivity index (χ3v) is 2.73. The molecule has 1 aliphatic heterocycles. The van der Waals surface area contributed by atoms with Crippen LogP contribution in [-0.2, 0) is 4.79 Å². The van der Waals surface area contributed by atoms with Gasteiger partial charge in [0.25, 0.3) is 0 Å². The second-order valence-electron chi connectivity index (χ2n) is 3.97. The molecule has 4 heteroatoms. The van der Waals surface area contributed by atoms with Crippen molar-refractivity contribution in [3.8, 4) is 0 Å². The van der Waals surface area contributed by atoms with Gasteiger partial charge < -0.3 is 10.6 Å². The highest BCUT2D eigenvalue weighted by Crippen LogP contribution is 2.24. The maximum Gasteiger partial charge on any atom is 0.227 e. The Hall–Kier alpha value is -1.42. The van der Waals surface area contributed by atoms with Crippen LogP contribution < -0.4 is 10.6 Å². The van der Waals surface area contributed by atoms with Crippen LogP contribution in [0, 0.1) is 12.8 Å². The number of nitrogens with two attached hydrogens (primary N) is 1. The molecule has 1 fully saturated rings. The molecule has 0 aliphatic carbocycles. The SMILES string of the molecule is Cc1cc(N2CC(CN)CC2=O)ccn1. The summed E-state index contributed by atoms with van der Waals surface area (Å²) in [5.41, 5.74) is 7.44. The van der Waals surface area contributed by atoms with E-state index in [4.69, 9.17) is 5.73 Å². The zero-order chi connectivity index (χ0) is 10.8. The van der Waals surface area contributed by atoms with E-state index in [1.54, 1.807) is 11.1 Å². The maximum absolute atomic E-state index is 11.7. The van der Waals surface area contributed by atoms with Crippen molar-refractivity contribution in [2.45, 2.75) is 13.3 Å². The molecular weight excluding hydrogens is 190 g/mol. The third-order valence-electron chi connectivity index (χ3n) is 2.73. The lowest BCUT2D eigenvalue weighted by Crippen LogP contribution is -2.25. The molecule has 2 rings (SSSR count). The van der Waals surface area contributed by atoms with Crippen molar-refractivity contribution in [2.24, 2.45) is 11.7 Å². The fourth-order valence-electron chi connectivity index (χ4n) is 1.89. The summed E-state index contributed by atoms with van der Waals surface area (Å²) in [5, 5.41) is 0. The zero-order valence-electron chi connectivity index (χ0n) is 8.81. The number of nitrogens with zero attached hydrogens (tertiary/aromatic N) is 2. The van der Waals surface area contributed by atoms with Gasteiger partial charge in [-0.3, -0.25) is 9.78 Å². The molecule has 4 nitrogen and oxygen atoms in total. The Balaban J connectivity index is 2.21. The van der Waals surface area contributed by atoms with Gasteiger partial charge in [0.05, 0.1) is 0 Å². The summed E-state index contributed by atoms with van der Waals surface area (Å²) >= 11 is 0. The normalized spacial score (nSPS) is 21.1. The smallest absolute Gasteiger partial charge is 0.227 e. The van der Waals surface area contributed by atoms with Crippen molar-refractivity contribution in [3.63, 3.8) is 0 Å². The summed E-state index contributed by atoms with van der Waals surface area (Å²) in [5.74, 6) is 0.460. The summed E-state index contributed by atoms with van der Waals surface area (Å²) < 4.78 is 0. The highest BCUT2D eigenvalue weighted by atomic mass is 16.2. The molecule has 2 heterocycles. The minimum Gasteiger partial charge on any atom is -0.330 e. The Kier molecular flexibility index (Phi) is 2.68. The van der Waals surface area contributed by atoms with Gasteiger partial charge in [0.2, 0.25) is 5.91 Å². The number of amides is 1. The van der Waals surface area contributed by atoms with Crippen LogP contribution in [0.5, 0.6) is 0 Å². The second-order valence-corrected chi connectivity index (χ2v) is 3.97. The van der Waals surface area contributed by atoms with E-state index in [1.807, 2.05) is 19.1 Å². The molecule has 80 valence electrons. The van der Waals surface area contributed by atoms with Crippen molar-refractivity contribution >= 4 is 11.6 Å². The first-order valence-corrected chi connectivity index (χ1v) is 5.14. The molecule has 0 bridgehead atoms. The van der Waals surface area contributed by atoms with Crippen molar-refractivity contribution in [3.05, 3.63) is 24.0 Å². The maximum atomic E-state index is 11.7. The molecule has 0 aromatic carbocycles. The summed E-state index contributed by atoms with van der Waals surface area (Å²) in [6.07, 6.45) is 2.30. The Morgan fingerprint density at radius 3 is 3.07 bits per heavy atom. The van der Waals surface area contributed by atoms with Crippen LogP contribution in [0.3, 0.4) is 0 Å². The van der Waals surface area contributed by atoms with Gasteiger partial charge in [-0.2, -0.15) is 0 Å². The molecule has 15 heavy (non-hydrogen) atoms. The lowest BCUT2D eigenvalue weighted by atomic mass is 10.1. The van der Waals surface area contributed by atoms with Crippen molar-refractivity contribution < 1.29 is 4.79 Å². The van der Waals surface area contributed by atoms with E-state index >= 15 is 0 Å². The minimum atomic E-state index is 0.163. The number of carbonyl (C=O) groups is 1. The number of hydrogen-bond donors (Lipinski definition) is 1. The molecule has 1 unspecified atom stereocenters. The van der Waals surface area contributed by atoms with E-state index in [0.717, 1.165) is 17.9 Å². The Morgan fingerprint density at radius 1 is 1.67 bits per heavy atom. The van der Waals surface area contributed by atoms with Gasteiger partial charge in [-0.15, -0.1) is 0 Å². The predicted molar refractivity (Wildman–Crippen MR) is 58.5 cm³/mol. The van der Waals surface area contributed by atoms with E-state index in [-0.39, 0.29) is 5.91 Å². The predicted octanol–water partition coefficient (Wildman–Crippen LogP) is 0.702. The first kappa shape index (κ1) is 10.1. The first-order chi connectivity index (χ1) is 7.20. The highest BCUT2D eigenvalue weighted by Gasteiger charge is 2.29. The average molecular weight is 205 g/mol. The highest BCUT2D eigenvalue weighted by molar-refractivity contribution is 5.95. The summed E-state index contributed by atoms with van der Waals surface area (Å²) in [6, 6.07) is 3.79. The number of rotatable bonds is 2. The van der Waals surface area contributed by atoms with Crippen LogP contribution in [0.15, 0.2) is 18.3 Å². The van der Waals surface area contributed by atoms with Crippen LogP contribution in [0.2, 0.25) is 0 Å². The largest absolute Gasteiger partial charge is 0.330 e. The molecule has 1 aromatic rings. The topological polar surface area (TPSA) is 59.2 Å². The molecule has 1 aliphatic rings. The summed E-state index contributed by atoms with van der Waals surface area (Å²) in [7, 11) is 0. The molecule has 0 radical (unpaired) electrons. The minimum absolute atomic E-state index is 0.163. The standard InChI is InChI=1S/C11H15N3O/c1-8-4-10(2-3-13-8)14-7-9(6-12)5-11(14)15/h2-4,9H,5-7,12H2,1H3. The monoisotopic (exact) mass is 205 g/mol. The van der Waals surface area contributed by atoms with Crippen molar-refractivity contribution in [1.82, 2.24) is 4.98 Å². The molecule has 1 saturated heterocycles. The first-order valence-electron chi connectivity index (χ1n) is 5.14. The Morgan fingerprint density at radius 2 is 2.47 bits per heavy atom. The molecule has 2 N–H and O–H groups in total. The molecule has 1 amide bonds. The van der Waals surface area contributed by atoms with Crippen LogP contribution in [-0.4, -0.2) is 24.0 Å². The third kappa shape index (κ3) is 1.99. The van der Waals surface area contributed by atoms with Gasteiger partial charge in [-0.05, 0) is 31.5 Å². The van der Waals surface area contributed by atoms with E-state index in [9.17, 15) is 4.79 Å². The molecule has 0 spiro atoms. The fraction of sp³-hybridized carbons (Fsp3) is 0.455. The number of carbonyl (C=O) groups excluding carboxylic acids is 1. The van der Waals surface area contributed by atoms with Gasteiger partial charge >= 0.3 is 0 Å². The second kappa shape index (κ2) is 3.98. The number of aromatic nitrogens is 1. The van der Waals surface area contributed by atoms with Crippen LogP contribution in [0.4, 0.5) is 5.69 Å². The van der Waals surface area contributed by atoms with Crippen LogP contribution in [0.1, 0.15) is 12.1 Å². The van der Waals surface area contributed by atoms with Gasteiger partial charge in [-0.25, -0.2) is 0 Å². The summed E-state index contributed by atoms with van der Waals surface area (Å²) in [4.78, 5) is 17.6. The molecule has 0 saturated carbocycles. The summed E-state index contributed by atoms with van der Waals surface area (Å²) in [6.45, 7) is 3.23. The van der Waals surface area contributed by atoms with Crippen LogP contribution in [0.25, 0.3) is 0 Å². The van der Waals surface area contributed by atoms with Gasteiger partial charge in [0.1, 0.15) is 0 Å². The lowest BCUT2D eigenvalue weighted by Gasteiger charge is -2.16. The van der Waals surface area contributed by atoms with E-state index in [0.29, 0.717) is 18.9 Å². The van der Waals surface area contributed by atoms with E-state index in [1.165, 1.54) is 0 Å². The number of anilines is 1. The Labute approximate surface area is 89.1 Å². The van der Waals surface area contributed by atoms with Crippen molar-refractivity contribution in [1.29, 1.82) is 0 Å². The lowest BCUT2D eigenvalue weighted by molar-refractivity contribution is -0.117. The quantitative estimate of drug-likeness (QED) is 0.773. The molecule has 1 atom stereocenters. The van der Waals surface area contributed by atoms with Crippen LogP contribution >= 0.6 is 0 Å². The number of hydrogen-bond acceptors (Lipinski definition) is 3. The van der Waals surface area contributed by atoms with Crippen molar-refractivity contribution in [2.75, 3.05) is 18.0 Å². The van der Waals surface area contributed by atoms with Gasteiger partial charge in [0, 0.05) is 30.5 Å². The van der Waals surface area contributed by atoms with E-state index in [2.05, 4.69) is 4.98 Å². The molecular formula is C11H15N3O. The Bertz CT molecular complexity index is 378. The number of pyridine rings is 1. The van der Waals surface area contributed by atoms with Gasteiger partial charge in [-0.1, -0.05) is 0 Å². The average Bonchev–Trinajstić information content (AvgIpc) is 2.60.